The van der Waals surface area contributed by atoms with Crippen LogP contribution in [0.5, 0.6) is 0 Å². The zero-order chi connectivity index (χ0) is 15.9. The Morgan fingerprint density at radius 3 is 2.29 bits per heavy atom. The lowest BCUT2D eigenvalue weighted by atomic mass is 9.86. The van der Waals surface area contributed by atoms with Crippen LogP contribution in [0.2, 0.25) is 0 Å². The number of amides is 2. The predicted molar refractivity (Wildman–Crippen MR) is 83.0 cm³/mol. The van der Waals surface area contributed by atoms with E-state index >= 15 is 0 Å². The Bertz CT molecular complexity index is 353. The largest absolute Gasteiger partial charge is 0.380 e. The Morgan fingerprint density at radius 2 is 1.76 bits per heavy atom. The van der Waals surface area contributed by atoms with E-state index in [-0.39, 0.29) is 17.9 Å². The zero-order valence-electron chi connectivity index (χ0n) is 13.9. The minimum Gasteiger partial charge on any atom is -0.380 e. The number of hydrogen-bond acceptors (Lipinski definition) is 3. The molecule has 1 saturated heterocycles. The number of carbonyl (C=O) groups excluding carboxylic acids is 2. The summed E-state index contributed by atoms with van der Waals surface area (Å²) in [7, 11) is 0. The van der Waals surface area contributed by atoms with Crippen LogP contribution in [0.3, 0.4) is 0 Å². The molecule has 1 rings (SSSR count). The normalized spacial score (nSPS) is 21.5. The van der Waals surface area contributed by atoms with Gasteiger partial charge in [0.1, 0.15) is 11.6 Å². The predicted octanol–water partition coefficient (Wildman–Crippen LogP) is 2.10. The van der Waals surface area contributed by atoms with E-state index < -0.39 is 5.54 Å². The Morgan fingerprint density at radius 1 is 1.10 bits per heavy atom. The summed E-state index contributed by atoms with van der Waals surface area (Å²) >= 11 is 0. The van der Waals surface area contributed by atoms with Gasteiger partial charge in [-0.1, -0.05) is 34.1 Å². The molecule has 1 atom stereocenters. The number of nitrogens with one attached hydrogen (secondary N) is 1. The lowest BCUT2D eigenvalue weighted by molar-refractivity contribution is -0.156. The van der Waals surface area contributed by atoms with E-state index in [1.165, 1.54) is 0 Å². The summed E-state index contributed by atoms with van der Waals surface area (Å²) in [5.41, 5.74) is -0.730. The van der Waals surface area contributed by atoms with Gasteiger partial charge in [0.05, 0.1) is 6.61 Å². The van der Waals surface area contributed by atoms with Gasteiger partial charge in [-0.3, -0.25) is 9.59 Å². The van der Waals surface area contributed by atoms with E-state index in [1.807, 2.05) is 20.8 Å². The van der Waals surface area contributed by atoms with Gasteiger partial charge >= 0.3 is 0 Å². The first kappa shape index (κ1) is 18.0. The van der Waals surface area contributed by atoms with Gasteiger partial charge in [0, 0.05) is 13.2 Å². The van der Waals surface area contributed by atoms with Crippen molar-refractivity contribution >= 4 is 11.8 Å². The minimum atomic E-state index is -0.730. The highest BCUT2D eigenvalue weighted by molar-refractivity contribution is 5.99. The molecule has 0 aromatic heterocycles. The maximum absolute atomic E-state index is 12.9. The highest BCUT2D eigenvalue weighted by Gasteiger charge is 2.48. The molecule has 0 aliphatic carbocycles. The van der Waals surface area contributed by atoms with Crippen LogP contribution >= 0.6 is 0 Å². The van der Waals surface area contributed by atoms with Crippen molar-refractivity contribution < 1.29 is 14.3 Å². The maximum Gasteiger partial charge on any atom is 0.249 e. The van der Waals surface area contributed by atoms with Crippen molar-refractivity contribution in [1.29, 1.82) is 0 Å². The Kier molecular flexibility index (Phi) is 7.15. The molecule has 1 unspecified atom stereocenters. The number of ether oxygens (including phenoxy) is 1. The summed E-state index contributed by atoms with van der Waals surface area (Å²) in [5, 5.41) is 2.97. The van der Waals surface area contributed by atoms with Gasteiger partial charge < -0.3 is 15.0 Å². The van der Waals surface area contributed by atoms with E-state index in [0.29, 0.717) is 39.0 Å². The quantitative estimate of drug-likeness (QED) is 0.663. The molecular weight excluding hydrogens is 268 g/mol. The van der Waals surface area contributed by atoms with E-state index in [9.17, 15) is 9.59 Å². The van der Waals surface area contributed by atoms with E-state index in [0.717, 1.165) is 12.8 Å². The zero-order valence-corrected chi connectivity index (χ0v) is 13.9. The molecule has 0 radical (unpaired) electrons. The van der Waals surface area contributed by atoms with Gasteiger partial charge in [0.25, 0.3) is 0 Å². The molecule has 1 aliphatic heterocycles. The molecular formula is C16H30N2O3. The third-order valence-corrected chi connectivity index (χ3v) is 4.31. The number of nitrogens with zero attached hydrogens (tertiary/aromatic N) is 1. The van der Waals surface area contributed by atoms with Crippen molar-refractivity contribution in [2.75, 3.05) is 19.8 Å². The van der Waals surface area contributed by atoms with Crippen LogP contribution in [-0.4, -0.2) is 48.1 Å². The molecule has 2 amide bonds. The fourth-order valence-corrected chi connectivity index (χ4v) is 2.89. The summed E-state index contributed by atoms with van der Waals surface area (Å²) in [4.78, 5) is 27.0. The van der Waals surface area contributed by atoms with Crippen LogP contribution in [-0.2, 0) is 14.3 Å². The van der Waals surface area contributed by atoms with Crippen molar-refractivity contribution in [2.45, 2.75) is 71.4 Å². The molecule has 0 bridgehead atoms. The summed E-state index contributed by atoms with van der Waals surface area (Å²) < 4.78 is 5.51. The molecule has 1 fully saturated rings. The highest BCUT2D eigenvalue weighted by atomic mass is 16.5. The summed E-state index contributed by atoms with van der Waals surface area (Å²) in [5.74, 6) is 0.0290. The van der Waals surface area contributed by atoms with Gasteiger partial charge in [0.15, 0.2) is 0 Å². The van der Waals surface area contributed by atoms with Crippen molar-refractivity contribution in [1.82, 2.24) is 10.2 Å². The van der Waals surface area contributed by atoms with Crippen LogP contribution in [0, 0.1) is 0 Å². The molecule has 1 aliphatic rings. The first-order valence-electron chi connectivity index (χ1n) is 8.27. The van der Waals surface area contributed by atoms with Crippen molar-refractivity contribution in [2.24, 2.45) is 0 Å². The molecule has 5 heteroatoms. The number of carbonyl (C=O) groups is 2. The molecule has 122 valence electrons. The average molecular weight is 298 g/mol. The van der Waals surface area contributed by atoms with E-state index in [4.69, 9.17) is 4.74 Å². The first-order valence-corrected chi connectivity index (χ1v) is 8.27. The van der Waals surface area contributed by atoms with Crippen LogP contribution in [0.15, 0.2) is 0 Å². The fourth-order valence-electron chi connectivity index (χ4n) is 2.89. The minimum absolute atomic E-state index is 0.0179. The molecule has 0 aromatic carbocycles. The first-order chi connectivity index (χ1) is 10.1. The molecule has 21 heavy (non-hydrogen) atoms. The molecule has 1 N–H and O–H groups in total. The van der Waals surface area contributed by atoms with Crippen molar-refractivity contribution in [3.05, 3.63) is 0 Å². The lowest BCUT2D eigenvalue weighted by Gasteiger charge is -2.45. The standard InChI is InChI=1S/C16H30N2O3/c1-5-9-13-14(19)17-16(7-3,8-4)15(20)18(13)10-12-21-11-6-2/h13H,5-12H2,1-4H3,(H,17,19). The molecule has 1 heterocycles. The monoisotopic (exact) mass is 298 g/mol. The number of piperazine rings is 1. The van der Waals surface area contributed by atoms with E-state index in [1.54, 1.807) is 4.90 Å². The highest BCUT2D eigenvalue weighted by Crippen LogP contribution is 2.26. The number of hydrogen-bond donors (Lipinski definition) is 1. The van der Waals surface area contributed by atoms with Crippen LogP contribution in [0.25, 0.3) is 0 Å². The summed E-state index contributed by atoms with van der Waals surface area (Å²) in [6.07, 6.45) is 3.79. The summed E-state index contributed by atoms with van der Waals surface area (Å²) in [6, 6.07) is -0.348. The summed E-state index contributed by atoms with van der Waals surface area (Å²) in [6.45, 7) is 9.68. The Hall–Kier alpha value is -1.10. The third kappa shape index (κ3) is 3.96. The second-order valence-electron chi connectivity index (χ2n) is 5.69. The van der Waals surface area contributed by atoms with Gasteiger partial charge in [-0.25, -0.2) is 0 Å². The average Bonchev–Trinajstić information content (AvgIpc) is 2.49. The third-order valence-electron chi connectivity index (χ3n) is 4.31. The molecule has 0 aromatic rings. The second-order valence-corrected chi connectivity index (χ2v) is 5.69. The van der Waals surface area contributed by atoms with Gasteiger partial charge in [-0.15, -0.1) is 0 Å². The number of rotatable bonds is 9. The van der Waals surface area contributed by atoms with Gasteiger partial charge in [-0.2, -0.15) is 0 Å². The van der Waals surface area contributed by atoms with Gasteiger partial charge in [0.2, 0.25) is 11.8 Å². The Labute approximate surface area is 128 Å². The molecule has 5 nitrogen and oxygen atoms in total. The lowest BCUT2D eigenvalue weighted by Crippen LogP contribution is -2.70. The topological polar surface area (TPSA) is 58.6 Å². The van der Waals surface area contributed by atoms with Gasteiger partial charge in [-0.05, 0) is 25.7 Å². The van der Waals surface area contributed by atoms with E-state index in [2.05, 4.69) is 12.2 Å². The fraction of sp³-hybridized carbons (Fsp3) is 0.875. The van der Waals surface area contributed by atoms with Crippen molar-refractivity contribution in [3.63, 3.8) is 0 Å². The molecule has 0 saturated carbocycles. The maximum atomic E-state index is 12.9. The van der Waals surface area contributed by atoms with Crippen LogP contribution in [0.1, 0.15) is 59.8 Å². The van der Waals surface area contributed by atoms with Crippen molar-refractivity contribution in [3.8, 4) is 0 Å². The van der Waals surface area contributed by atoms with Crippen LogP contribution in [0.4, 0.5) is 0 Å². The smallest absolute Gasteiger partial charge is 0.249 e. The second kappa shape index (κ2) is 8.37. The molecule has 0 spiro atoms. The SMILES string of the molecule is CCCOCCN1C(=O)C(CC)(CC)NC(=O)C1CCC. The Balaban J connectivity index is 2.87. The van der Waals surface area contributed by atoms with Crippen LogP contribution < -0.4 is 5.32 Å².